The fourth-order valence-electron chi connectivity index (χ4n) is 11.8. The number of hydrogen-bond acceptors (Lipinski definition) is 1. The fraction of sp³-hybridized carbons (Fsp3) is 0.0303. The Balaban J connectivity index is 0.979. The molecule has 0 heterocycles. The quantitative estimate of drug-likeness (QED) is 0.147. The first-order valence-electron chi connectivity index (χ1n) is 23.3. The van der Waals surface area contributed by atoms with Gasteiger partial charge in [0.2, 0.25) is 0 Å². The van der Waals surface area contributed by atoms with Crippen molar-refractivity contribution in [2.24, 2.45) is 0 Å². The third-order valence-electron chi connectivity index (χ3n) is 14.6. The third-order valence-corrected chi connectivity index (χ3v) is 14.6. The predicted molar refractivity (Wildman–Crippen MR) is 279 cm³/mol. The summed E-state index contributed by atoms with van der Waals surface area (Å²) < 4.78 is 0. The second-order valence-electron chi connectivity index (χ2n) is 17.9. The van der Waals surface area contributed by atoms with Crippen molar-refractivity contribution in [3.05, 3.63) is 317 Å². The summed E-state index contributed by atoms with van der Waals surface area (Å²) in [7, 11) is 0. The molecule has 0 aliphatic heterocycles. The molecule has 2 aliphatic rings. The van der Waals surface area contributed by atoms with Crippen molar-refractivity contribution < 1.29 is 0 Å². The van der Waals surface area contributed by atoms with Crippen LogP contribution in [-0.4, -0.2) is 0 Å². The summed E-state index contributed by atoms with van der Waals surface area (Å²) >= 11 is 0. The molecule has 11 aromatic carbocycles. The zero-order chi connectivity index (χ0) is 44.4. The molecule has 1 heteroatoms. The SMILES string of the molecule is c1ccc(C2(c3ccccc3)c3ccccc3-c3cc(-c4ccc(N(c5ccc6c(c5)C(c5ccccc5)(c5ccccc5)c5ccccc5-6)c5cccc6ccccc56)cc4)ccc32)cc1. The van der Waals surface area contributed by atoms with E-state index in [4.69, 9.17) is 0 Å². The van der Waals surface area contributed by atoms with Gasteiger partial charge in [0.05, 0.1) is 16.5 Å². The van der Waals surface area contributed by atoms with Crippen LogP contribution in [0.4, 0.5) is 17.1 Å². The molecule has 0 radical (unpaired) electrons. The first-order valence-corrected chi connectivity index (χ1v) is 23.3. The van der Waals surface area contributed by atoms with E-state index < -0.39 is 10.8 Å². The molecule has 0 spiro atoms. The monoisotopic (exact) mass is 851 g/mol. The summed E-state index contributed by atoms with van der Waals surface area (Å²) in [5, 5.41) is 2.41. The molecule has 314 valence electrons. The van der Waals surface area contributed by atoms with Crippen molar-refractivity contribution >= 4 is 27.8 Å². The Morgan fingerprint density at radius 3 is 1.28 bits per heavy atom. The van der Waals surface area contributed by atoms with Crippen molar-refractivity contribution in [3.8, 4) is 33.4 Å². The van der Waals surface area contributed by atoms with Crippen molar-refractivity contribution in [1.82, 2.24) is 0 Å². The highest BCUT2D eigenvalue weighted by Crippen LogP contribution is 2.59. The van der Waals surface area contributed by atoms with Crippen molar-refractivity contribution in [2.45, 2.75) is 10.8 Å². The average molecular weight is 852 g/mol. The van der Waals surface area contributed by atoms with Crippen LogP contribution in [0.2, 0.25) is 0 Å². The van der Waals surface area contributed by atoms with Crippen molar-refractivity contribution in [2.75, 3.05) is 4.90 Å². The molecule has 11 aromatic rings. The van der Waals surface area contributed by atoms with Crippen molar-refractivity contribution in [3.63, 3.8) is 0 Å². The second-order valence-corrected chi connectivity index (χ2v) is 17.9. The summed E-state index contributed by atoms with van der Waals surface area (Å²) in [5.41, 5.74) is 20.2. The number of rotatable bonds is 8. The summed E-state index contributed by atoms with van der Waals surface area (Å²) in [6.45, 7) is 0. The van der Waals surface area contributed by atoms with Gasteiger partial charge in [-0.05, 0) is 120 Å². The van der Waals surface area contributed by atoms with E-state index in [1.807, 2.05) is 0 Å². The van der Waals surface area contributed by atoms with E-state index in [-0.39, 0.29) is 0 Å². The highest BCUT2D eigenvalue weighted by atomic mass is 15.1. The lowest BCUT2D eigenvalue weighted by molar-refractivity contribution is 0.768. The Morgan fingerprint density at radius 2 is 0.687 bits per heavy atom. The van der Waals surface area contributed by atoms with Crippen LogP contribution in [0.25, 0.3) is 44.2 Å². The summed E-state index contributed by atoms with van der Waals surface area (Å²) in [4.78, 5) is 2.46. The van der Waals surface area contributed by atoms with Gasteiger partial charge in [0.1, 0.15) is 0 Å². The van der Waals surface area contributed by atoms with Crippen LogP contribution in [0.1, 0.15) is 44.5 Å². The maximum Gasteiger partial charge on any atom is 0.0714 e. The van der Waals surface area contributed by atoms with E-state index in [2.05, 4.69) is 278 Å². The third kappa shape index (κ3) is 5.81. The van der Waals surface area contributed by atoms with Crippen LogP contribution in [0.3, 0.4) is 0 Å². The van der Waals surface area contributed by atoms with E-state index in [1.54, 1.807) is 0 Å². The molecular formula is C66H45N. The Kier molecular flexibility index (Phi) is 9.05. The van der Waals surface area contributed by atoms with E-state index in [0.717, 1.165) is 17.1 Å². The van der Waals surface area contributed by atoms with Gasteiger partial charge in [-0.1, -0.05) is 237 Å². The molecule has 0 N–H and O–H groups in total. The highest BCUT2D eigenvalue weighted by molar-refractivity contribution is 6.00. The van der Waals surface area contributed by atoms with Gasteiger partial charge in [0, 0.05) is 16.8 Å². The Bertz CT molecular complexity index is 3530. The normalized spacial score (nSPS) is 13.6. The number of nitrogens with zero attached hydrogens (tertiary/aromatic N) is 1. The zero-order valence-corrected chi connectivity index (χ0v) is 36.9. The smallest absolute Gasteiger partial charge is 0.0714 e. The highest BCUT2D eigenvalue weighted by Gasteiger charge is 2.47. The molecule has 0 saturated carbocycles. The lowest BCUT2D eigenvalue weighted by Gasteiger charge is -2.35. The lowest BCUT2D eigenvalue weighted by atomic mass is 9.67. The Hall–Kier alpha value is -8.52. The average Bonchev–Trinajstić information content (AvgIpc) is 3.88. The fourth-order valence-corrected chi connectivity index (χ4v) is 11.8. The summed E-state index contributed by atoms with van der Waals surface area (Å²) in [5.74, 6) is 0. The lowest BCUT2D eigenvalue weighted by Crippen LogP contribution is -2.28. The number of anilines is 3. The first kappa shape index (κ1) is 38.9. The van der Waals surface area contributed by atoms with Gasteiger partial charge >= 0.3 is 0 Å². The summed E-state index contributed by atoms with van der Waals surface area (Å²) in [6.07, 6.45) is 0. The molecule has 2 aliphatic carbocycles. The van der Waals surface area contributed by atoms with Crippen LogP contribution in [-0.2, 0) is 10.8 Å². The summed E-state index contributed by atoms with van der Waals surface area (Å²) in [6, 6.07) is 101. The van der Waals surface area contributed by atoms with Gasteiger partial charge < -0.3 is 4.90 Å². The first-order chi connectivity index (χ1) is 33.2. The maximum atomic E-state index is 2.47. The molecule has 0 fully saturated rings. The van der Waals surface area contributed by atoms with Crippen LogP contribution in [0.5, 0.6) is 0 Å². The molecule has 0 bridgehead atoms. The van der Waals surface area contributed by atoms with Crippen LogP contribution in [0.15, 0.2) is 273 Å². The van der Waals surface area contributed by atoms with E-state index in [1.165, 1.54) is 88.7 Å². The van der Waals surface area contributed by atoms with Crippen molar-refractivity contribution in [1.29, 1.82) is 0 Å². The van der Waals surface area contributed by atoms with Gasteiger partial charge in [0.25, 0.3) is 0 Å². The molecule has 13 rings (SSSR count). The van der Waals surface area contributed by atoms with E-state index in [9.17, 15) is 0 Å². The number of fused-ring (bicyclic) bond motifs is 7. The predicted octanol–water partition coefficient (Wildman–Crippen LogP) is 16.7. The second kappa shape index (κ2) is 15.6. The van der Waals surface area contributed by atoms with Crippen LogP contribution >= 0.6 is 0 Å². The minimum Gasteiger partial charge on any atom is -0.310 e. The van der Waals surface area contributed by atoms with Gasteiger partial charge in [-0.3, -0.25) is 0 Å². The molecule has 0 aromatic heterocycles. The van der Waals surface area contributed by atoms with Crippen LogP contribution in [0, 0.1) is 0 Å². The zero-order valence-electron chi connectivity index (χ0n) is 36.9. The van der Waals surface area contributed by atoms with Gasteiger partial charge in [-0.15, -0.1) is 0 Å². The molecule has 0 amide bonds. The standard InChI is InChI=1S/C66H45N/c1-5-22-49(23-6-1)65(50-24-7-2-8-25-50)61-34-18-16-32-57(61)59-44-48(38-43-62(59)65)46-36-39-53(40-37-46)67(64-35-19-21-47-20-13-14-30-55(47)64)54-41-42-58-56-31-15-17-33-60(56)66(63(58)45-54,51-26-9-3-10-27-51)52-28-11-4-12-29-52/h1-45H. The van der Waals surface area contributed by atoms with Gasteiger partial charge in [-0.25, -0.2) is 0 Å². The van der Waals surface area contributed by atoms with E-state index >= 15 is 0 Å². The van der Waals surface area contributed by atoms with Crippen LogP contribution < -0.4 is 4.90 Å². The molecule has 1 nitrogen and oxygen atoms in total. The minimum absolute atomic E-state index is 0.425. The van der Waals surface area contributed by atoms with E-state index in [0.29, 0.717) is 0 Å². The largest absolute Gasteiger partial charge is 0.310 e. The minimum atomic E-state index is -0.510. The number of hydrogen-bond donors (Lipinski definition) is 0. The molecular weight excluding hydrogens is 807 g/mol. The Labute approximate surface area is 392 Å². The Morgan fingerprint density at radius 1 is 0.254 bits per heavy atom. The van der Waals surface area contributed by atoms with Gasteiger partial charge in [-0.2, -0.15) is 0 Å². The topological polar surface area (TPSA) is 3.24 Å². The molecule has 67 heavy (non-hydrogen) atoms. The number of benzene rings is 11. The molecule has 0 unspecified atom stereocenters. The maximum absolute atomic E-state index is 2.47. The molecule has 0 saturated heterocycles. The van der Waals surface area contributed by atoms with Gasteiger partial charge in [0.15, 0.2) is 0 Å². The molecule has 0 atom stereocenters.